The highest BCUT2D eigenvalue weighted by atomic mass is 16.5. The molecule has 2 rings (SSSR count). The summed E-state index contributed by atoms with van der Waals surface area (Å²) in [6, 6.07) is 0.706. The summed E-state index contributed by atoms with van der Waals surface area (Å²) < 4.78 is 5.57. The summed E-state index contributed by atoms with van der Waals surface area (Å²) in [7, 11) is 0. The molecular weight excluding hydrogens is 140 g/mol. The molecule has 0 unspecified atom stereocenters. The molecular formula is C8H16N2O. The molecule has 2 heterocycles. The Morgan fingerprint density at radius 3 is 3.27 bits per heavy atom. The number of ether oxygens (including phenoxy) is 1. The van der Waals surface area contributed by atoms with Crippen LogP contribution in [0.1, 0.15) is 12.8 Å². The fourth-order valence-electron chi connectivity index (χ4n) is 2.03. The molecule has 64 valence electrons. The molecule has 0 radical (unpaired) electrons. The maximum Gasteiger partial charge on any atom is 0.0824 e. The van der Waals surface area contributed by atoms with Gasteiger partial charge in [0, 0.05) is 19.1 Å². The van der Waals surface area contributed by atoms with Crippen molar-refractivity contribution in [1.29, 1.82) is 0 Å². The molecule has 0 aliphatic carbocycles. The summed E-state index contributed by atoms with van der Waals surface area (Å²) >= 11 is 0. The van der Waals surface area contributed by atoms with Crippen molar-refractivity contribution in [2.45, 2.75) is 25.0 Å². The first-order valence-corrected chi connectivity index (χ1v) is 4.46. The lowest BCUT2D eigenvalue weighted by Gasteiger charge is -2.34. The second-order valence-electron chi connectivity index (χ2n) is 3.48. The predicted molar refractivity (Wildman–Crippen MR) is 43.4 cm³/mol. The van der Waals surface area contributed by atoms with Gasteiger partial charge in [-0.3, -0.25) is 4.90 Å². The van der Waals surface area contributed by atoms with Crippen molar-refractivity contribution < 1.29 is 4.74 Å². The lowest BCUT2D eigenvalue weighted by atomic mass is 10.2. The SMILES string of the molecule is NC[C@H]1CN2CCC[C@H]2CO1. The van der Waals surface area contributed by atoms with E-state index in [2.05, 4.69) is 4.90 Å². The molecule has 2 aliphatic rings. The van der Waals surface area contributed by atoms with Gasteiger partial charge >= 0.3 is 0 Å². The Morgan fingerprint density at radius 1 is 1.55 bits per heavy atom. The number of rotatable bonds is 1. The van der Waals surface area contributed by atoms with Gasteiger partial charge in [-0.1, -0.05) is 0 Å². The fourth-order valence-corrected chi connectivity index (χ4v) is 2.03. The van der Waals surface area contributed by atoms with E-state index in [1.807, 2.05) is 0 Å². The highest BCUT2D eigenvalue weighted by Crippen LogP contribution is 2.21. The third-order valence-corrected chi connectivity index (χ3v) is 2.72. The highest BCUT2D eigenvalue weighted by molar-refractivity contribution is 4.85. The van der Waals surface area contributed by atoms with Crippen LogP contribution in [0.25, 0.3) is 0 Å². The van der Waals surface area contributed by atoms with Crippen molar-refractivity contribution in [2.24, 2.45) is 5.73 Å². The zero-order chi connectivity index (χ0) is 7.68. The summed E-state index contributed by atoms with van der Waals surface area (Å²) in [6.07, 6.45) is 2.95. The fraction of sp³-hybridized carbons (Fsp3) is 1.00. The molecule has 0 saturated carbocycles. The van der Waals surface area contributed by atoms with E-state index in [9.17, 15) is 0 Å². The first-order chi connectivity index (χ1) is 5.40. The lowest BCUT2D eigenvalue weighted by molar-refractivity contribution is -0.0434. The third-order valence-electron chi connectivity index (χ3n) is 2.72. The normalized spacial score (nSPS) is 39.0. The molecule has 0 aromatic heterocycles. The van der Waals surface area contributed by atoms with Gasteiger partial charge in [-0.05, 0) is 19.4 Å². The second-order valence-corrected chi connectivity index (χ2v) is 3.48. The molecule has 0 bridgehead atoms. The number of nitrogens with two attached hydrogens (primary N) is 1. The summed E-state index contributed by atoms with van der Waals surface area (Å²) in [5.41, 5.74) is 5.53. The van der Waals surface area contributed by atoms with Gasteiger partial charge in [0.1, 0.15) is 0 Å². The summed E-state index contributed by atoms with van der Waals surface area (Å²) in [6.45, 7) is 3.89. The van der Waals surface area contributed by atoms with Gasteiger partial charge in [0.2, 0.25) is 0 Å². The van der Waals surface area contributed by atoms with Crippen LogP contribution in [0, 0.1) is 0 Å². The molecule has 11 heavy (non-hydrogen) atoms. The van der Waals surface area contributed by atoms with E-state index in [0.29, 0.717) is 18.7 Å². The van der Waals surface area contributed by atoms with Crippen molar-refractivity contribution >= 4 is 0 Å². The van der Waals surface area contributed by atoms with E-state index in [-0.39, 0.29) is 0 Å². The molecule has 2 N–H and O–H groups in total. The van der Waals surface area contributed by atoms with Crippen molar-refractivity contribution in [1.82, 2.24) is 4.90 Å². The minimum absolute atomic E-state index is 0.296. The molecule has 3 nitrogen and oxygen atoms in total. The van der Waals surface area contributed by atoms with Crippen LogP contribution in [0.5, 0.6) is 0 Å². The number of morpholine rings is 1. The molecule has 0 spiro atoms. The monoisotopic (exact) mass is 156 g/mol. The Balaban J connectivity index is 1.91. The zero-order valence-corrected chi connectivity index (χ0v) is 6.83. The Bertz CT molecular complexity index is 140. The van der Waals surface area contributed by atoms with Crippen LogP contribution in [-0.4, -0.2) is 43.3 Å². The number of hydrogen-bond donors (Lipinski definition) is 1. The predicted octanol–water partition coefficient (Wildman–Crippen LogP) is -0.192. The molecule has 0 aromatic carbocycles. The average Bonchev–Trinajstić information content (AvgIpc) is 2.50. The third kappa shape index (κ3) is 1.41. The van der Waals surface area contributed by atoms with Gasteiger partial charge < -0.3 is 10.5 Å². The molecule has 3 heteroatoms. The second kappa shape index (κ2) is 3.09. The summed E-state index contributed by atoms with van der Waals surface area (Å²) in [5.74, 6) is 0. The maximum absolute atomic E-state index is 5.57. The minimum Gasteiger partial charge on any atom is -0.374 e. The Morgan fingerprint density at radius 2 is 2.45 bits per heavy atom. The van der Waals surface area contributed by atoms with Gasteiger partial charge in [-0.25, -0.2) is 0 Å². The van der Waals surface area contributed by atoms with Crippen LogP contribution in [0.3, 0.4) is 0 Å². The molecule has 0 amide bonds. The first kappa shape index (κ1) is 7.53. The minimum atomic E-state index is 0.296. The highest BCUT2D eigenvalue weighted by Gasteiger charge is 2.31. The van der Waals surface area contributed by atoms with E-state index in [1.54, 1.807) is 0 Å². The lowest BCUT2D eigenvalue weighted by Crippen LogP contribution is -2.48. The zero-order valence-electron chi connectivity index (χ0n) is 6.83. The summed E-state index contributed by atoms with van der Waals surface area (Å²) in [4.78, 5) is 2.51. The van der Waals surface area contributed by atoms with E-state index < -0.39 is 0 Å². The van der Waals surface area contributed by atoms with Crippen molar-refractivity contribution in [2.75, 3.05) is 26.2 Å². The summed E-state index contributed by atoms with van der Waals surface area (Å²) in [5, 5.41) is 0. The number of nitrogens with zero attached hydrogens (tertiary/aromatic N) is 1. The smallest absolute Gasteiger partial charge is 0.0824 e. The van der Waals surface area contributed by atoms with Crippen LogP contribution in [-0.2, 0) is 4.74 Å². The van der Waals surface area contributed by atoms with E-state index in [4.69, 9.17) is 10.5 Å². The van der Waals surface area contributed by atoms with E-state index in [1.165, 1.54) is 19.4 Å². The van der Waals surface area contributed by atoms with Crippen LogP contribution >= 0.6 is 0 Å². The van der Waals surface area contributed by atoms with E-state index >= 15 is 0 Å². The largest absolute Gasteiger partial charge is 0.374 e. The average molecular weight is 156 g/mol. The van der Waals surface area contributed by atoms with Crippen molar-refractivity contribution in [3.63, 3.8) is 0 Å². The maximum atomic E-state index is 5.57. The van der Waals surface area contributed by atoms with Gasteiger partial charge in [-0.15, -0.1) is 0 Å². The molecule has 2 fully saturated rings. The van der Waals surface area contributed by atoms with Crippen LogP contribution in [0.15, 0.2) is 0 Å². The van der Waals surface area contributed by atoms with Crippen LogP contribution < -0.4 is 5.73 Å². The molecule has 2 atom stereocenters. The first-order valence-electron chi connectivity index (χ1n) is 4.46. The van der Waals surface area contributed by atoms with Crippen molar-refractivity contribution in [3.05, 3.63) is 0 Å². The van der Waals surface area contributed by atoms with Gasteiger partial charge in [-0.2, -0.15) is 0 Å². The van der Waals surface area contributed by atoms with Gasteiger partial charge in [0.25, 0.3) is 0 Å². The van der Waals surface area contributed by atoms with Crippen LogP contribution in [0.2, 0.25) is 0 Å². The Kier molecular flexibility index (Phi) is 2.11. The van der Waals surface area contributed by atoms with Gasteiger partial charge in [0.05, 0.1) is 12.7 Å². The van der Waals surface area contributed by atoms with E-state index in [0.717, 1.165) is 13.2 Å². The Labute approximate surface area is 67.5 Å². The Hall–Kier alpha value is -0.120. The number of hydrogen-bond acceptors (Lipinski definition) is 3. The topological polar surface area (TPSA) is 38.5 Å². The van der Waals surface area contributed by atoms with Gasteiger partial charge in [0.15, 0.2) is 0 Å². The number of fused-ring (bicyclic) bond motifs is 1. The van der Waals surface area contributed by atoms with Crippen molar-refractivity contribution in [3.8, 4) is 0 Å². The van der Waals surface area contributed by atoms with Crippen LogP contribution in [0.4, 0.5) is 0 Å². The molecule has 2 aliphatic heterocycles. The molecule has 2 saturated heterocycles. The molecule has 0 aromatic rings. The standard InChI is InChI=1S/C8H16N2O/c9-4-8-5-10-3-1-2-7(10)6-11-8/h7-8H,1-6,9H2/t7-,8-/m0/s1. The quantitative estimate of drug-likeness (QED) is 0.572.